The van der Waals surface area contributed by atoms with Crippen LogP contribution in [0.3, 0.4) is 0 Å². The number of hydrogen-bond acceptors (Lipinski definition) is 2. The van der Waals surface area contributed by atoms with E-state index >= 15 is 0 Å². The number of aromatic nitrogens is 2. The third-order valence-corrected chi connectivity index (χ3v) is 9.31. The average Bonchev–Trinajstić information content (AvgIpc) is 3.41. The van der Waals surface area contributed by atoms with E-state index in [1.807, 2.05) is 12.1 Å². The molecule has 2 aromatic carbocycles. The number of benzene rings is 2. The molecule has 0 radical (unpaired) electrons. The molecule has 1 fully saturated rings. The van der Waals surface area contributed by atoms with Crippen LogP contribution in [0.25, 0.3) is 33.1 Å². The van der Waals surface area contributed by atoms with Gasteiger partial charge in [0, 0.05) is 53.7 Å². The van der Waals surface area contributed by atoms with Crippen molar-refractivity contribution in [3.05, 3.63) is 58.8 Å². The van der Waals surface area contributed by atoms with Gasteiger partial charge in [-0.15, -0.1) is 0 Å². The Morgan fingerprint density at radius 3 is 2.67 bits per heavy atom. The Kier molecular flexibility index (Phi) is 5.07. The van der Waals surface area contributed by atoms with Gasteiger partial charge in [0.1, 0.15) is 0 Å². The fourth-order valence-electron chi connectivity index (χ4n) is 7.57. The average molecular weight is 482 g/mol. The van der Waals surface area contributed by atoms with Crippen LogP contribution in [-0.4, -0.2) is 31.7 Å². The molecule has 0 saturated heterocycles. The summed E-state index contributed by atoms with van der Waals surface area (Å²) in [5, 5.41) is 12.5. The van der Waals surface area contributed by atoms with E-state index in [2.05, 4.69) is 52.3 Å². The molecule has 0 spiro atoms. The first-order valence-corrected chi connectivity index (χ1v) is 13.8. The summed E-state index contributed by atoms with van der Waals surface area (Å²) in [6, 6.07) is 11.0. The summed E-state index contributed by atoms with van der Waals surface area (Å²) in [4.78, 5) is 14.5. The smallest absolute Gasteiger partial charge is 0.335 e. The predicted octanol–water partition coefficient (Wildman–Crippen LogP) is 7.31. The Morgan fingerprint density at radius 1 is 1.06 bits per heavy atom. The molecule has 4 aromatic rings. The lowest BCUT2D eigenvalue weighted by atomic mass is 9.81. The fraction of sp³-hybridized carbons (Fsp3) is 0.452. The van der Waals surface area contributed by atoms with Crippen LogP contribution in [0.4, 0.5) is 0 Å². The molecule has 36 heavy (non-hydrogen) atoms. The molecule has 5 nitrogen and oxygen atoms in total. The molecule has 5 heteroatoms. The number of hydrogen-bond donors (Lipinski definition) is 1. The SMILES string of the molecule is CCN1Cc2cn3c4c(ccc(c24)C1C)-c1c(C2CCCCC2)c2ccc(C(=O)O)cc2n1CCC3. The van der Waals surface area contributed by atoms with Crippen LogP contribution in [0.5, 0.6) is 0 Å². The maximum absolute atomic E-state index is 11.9. The van der Waals surface area contributed by atoms with E-state index in [0.717, 1.165) is 38.1 Å². The number of aryl methyl sites for hydroxylation is 2. The zero-order chi connectivity index (χ0) is 24.6. The van der Waals surface area contributed by atoms with Gasteiger partial charge in [-0.25, -0.2) is 4.79 Å². The number of carboxylic acids is 1. The minimum atomic E-state index is -0.848. The number of nitrogens with zero attached hydrogens (tertiary/aromatic N) is 3. The van der Waals surface area contributed by atoms with Crippen molar-refractivity contribution >= 4 is 27.8 Å². The first-order chi connectivity index (χ1) is 17.6. The van der Waals surface area contributed by atoms with Crippen LogP contribution in [0, 0.1) is 0 Å². The topological polar surface area (TPSA) is 50.4 Å². The zero-order valence-electron chi connectivity index (χ0n) is 21.4. The lowest BCUT2D eigenvalue weighted by molar-refractivity contribution is 0.0697. The Labute approximate surface area is 212 Å². The molecule has 1 aliphatic carbocycles. The summed E-state index contributed by atoms with van der Waals surface area (Å²) in [5.74, 6) is -0.313. The van der Waals surface area contributed by atoms with E-state index in [4.69, 9.17) is 0 Å². The highest BCUT2D eigenvalue weighted by Crippen LogP contribution is 2.49. The molecule has 2 aliphatic heterocycles. The second-order valence-corrected chi connectivity index (χ2v) is 11.2. The zero-order valence-corrected chi connectivity index (χ0v) is 21.4. The molecule has 1 N–H and O–H groups in total. The Balaban J connectivity index is 1.56. The second-order valence-electron chi connectivity index (χ2n) is 11.2. The third kappa shape index (κ3) is 3.08. The first kappa shape index (κ1) is 22.2. The summed E-state index contributed by atoms with van der Waals surface area (Å²) in [6.07, 6.45) is 9.80. The number of aromatic carboxylic acids is 1. The van der Waals surface area contributed by atoms with Gasteiger partial charge in [0.25, 0.3) is 0 Å². The maximum atomic E-state index is 11.9. The van der Waals surface area contributed by atoms with E-state index in [9.17, 15) is 9.90 Å². The summed E-state index contributed by atoms with van der Waals surface area (Å²) in [7, 11) is 0. The van der Waals surface area contributed by atoms with Crippen molar-refractivity contribution < 1.29 is 9.90 Å². The van der Waals surface area contributed by atoms with Crippen molar-refractivity contribution in [3.63, 3.8) is 0 Å². The molecule has 1 unspecified atom stereocenters. The highest BCUT2D eigenvalue weighted by molar-refractivity contribution is 6.04. The lowest BCUT2D eigenvalue weighted by Gasteiger charge is -2.33. The van der Waals surface area contributed by atoms with Gasteiger partial charge in [-0.3, -0.25) is 4.90 Å². The Hall–Kier alpha value is -3.05. The molecule has 0 bridgehead atoms. The van der Waals surface area contributed by atoms with E-state index in [1.54, 1.807) is 0 Å². The molecular weight excluding hydrogens is 446 g/mol. The minimum absolute atomic E-state index is 0.383. The standard InChI is InChI=1S/C31H35N3O2/c1-3-32-17-22-18-33-14-7-15-34-26-16-21(31(35)36)10-11-24(26)27(20-8-5-4-6-9-20)30(34)25-13-12-23(19(32)2)28(22)29(25)33/h10-13,16,18-20H,3-9,14-15,17H2,1-2H3,(H,35,36). The monoisotopic (exact) mass is 481 g/mol. The summed E-state index contributed by atoms with van der Waals surface area (Å²) < 4.78 is 5.01. The Bertz CT molecular complexity index is 1520. The highest BCUT2D eigenvalue weighted by Gasteiger charge is 2.32. The molecule has 7 rings (SSSR count). The van der Waals surface area contributed by atoms with Gasteiger partial charge in [-0.1, -0.05) is 44.4 Å². The molecule has 1 atom stereocenters. The molecule has 0 amide bonds. The third-order valence-electron chi connectivity index (χ3n) is 9.31. The first-order valence-electron chi connectivity index (χ1n) is 13.8. The maximum Gasteiger partial charge on any atom is 0.335 e. The number of fused-ring (bicyclic) bond motifs is 4. The van der Waals surface area contributed by atoms with Gasteiger partial charge in [-0.05, 0) is 67.5 Å². The Morgan fingerprint density at radius 2 is 1.89 bits per heavy atom. The number of carboxylic acid groups (broad SMARTS) is 1. The predicted molar refractivity (Wildman–Crippen MR) is 145 cm³/mol. The van der Waals surface area contributed by atoms with Crippen LogP contribution in [-0.2, 0) is 19.6 Å². The lowest BCUT2D eigenvalue weighted by Crippen LogP contribution is -2.29. The van der Waals surface area contributed by atoms with E-state index < -0.39 is 5.97 Å². The van der Waals surface area contributed by atoms with E-state index in [-0.39, 0.29) is 0 Å². The van der Waals surface area contributed by atoms with E-state index in [0.29, 0.717) is 17.5 Å². The van der Waals surface area contributed by atoms with Crippen molar-refractivity contribution in [1.29, 1.82) is 0 Å². The molecule has 4 heterocycles. The van der Waals surface area contributed by atoms with Crippen molar-refractivity contribution in [2.75, 3.05) is 6.54 Å². The second kappa shape index (κ2) is 8.24. The molecule has 186 valence electrons. The number of carbonyl (C=O) groups is 1. The van der Waals surface area contributed by atoms with Crippen LogP contribution in [0.15, 0.2) is 36.5 Å². The van der Waals surface area contributed by atoms with E-state index in [1.165, 1.54) is 76.3 Å². The van der Waals surface area contributed by atoms with Crippen LogP contribution < -0.4 is 0 Å². The van der Waals surface area contributed by atoms with Gasteiger partial charge in [0.15, 0.2) is 0 Å². The van der Waals surface area contributed by atoms with Gasteiger partial charge >= 0.3 is 5.97 Å². The summed E-state index contributed by atoms with van der Waals surface area (Å²) >= 11 is 0. The molecule has 2 aromatic heterocycles. The number of rotatable bonds is 3. The molecule has 1 saturated carbocycles. The van der Waals surface area contributed by atoms with Gasteiger partial charge in [-0.2, -0.15) is 0 Å². The van der Waals surface area contributed by atoms with Crippen molar-refractivity contribution in [3.8, 4) is 11.3 Å². The largest absolute Gasteiger partial charge is 0.478 e. The highest BCUT2D eigenvalue weighted by atomic mass is 16.4. The van der Waals surface area contributed by atoms with Crippen molar-refractivity contribution in [2.24, 2.45) is 0 Å². The van der Waals surface area contributed by atoms with Crippen LogP contribution in [0.2, 0.25) is 0 Å². The summed E-state index contributed by atoms with van der Waals surface area (Å²) in [5.41, 5.74) is 9.93. The normalized spacial score (nSPS) is 20.4. The minimum Gasteiger partial charge on any atom is -0.478 e. The van der Waals surface area contributed by atoms with Crippen LogP contribution in [0.1, 0.15) is 91.4 Å². The fourth-order valence-corrected chi connectivity index (χ4v) is 7.57. The molecule has 3 aliphatic rings. The van der Waals surface area contributed by atoms with Gasteiger partial charge in [0.05, 0.1) is 16.8 Å². The molecular formula is C31H35N3O2. The summed E-state index contributed by atoms with van der Waals surface area (Å²) in [6.45, 7) is 8.58. The van der Waals surface area contributed by atoms with Crippen molar-refractivity contribution in [2.45, 2.75) is 84.0 Å². The quantitative estimate of drug-likeness (QED) is 0.334. The van der Waals surface area contributed by atoms with Crippen LogP contribution >= 0.6 is 0 Å². The van der Waals surface area contributed by atoms with Crippen molar-refractivity contribution in [1.82, 2.24) is 14.0 Å². The van der Waals surface area contributed by atoms with Gasteiger partial charge in [0.2, 0.25) is 0 Å². The van der Waals surface area contributed by atoms with Gasteiger partial charge < -0.3 is 14.2 Å².